The van der Waals surface area contributed by atoms with Crippen LogP contribution >= 0.6 is 0 Å². The van der Waals surface area contributed by atoms with Gasteiger partial charge in [0.25, 0.3) is 11.8 Å². The number of anilines is 1. The minimum absolute atomic E-state index is 0.132. The van der Waals surface area contributed by atoms with Crippen molar-refractivity contribution in [1.82, 2.24) is 15.6 Å². The number of amides is 4. The van der Waals surface area contributed by atoms with Crippen molar-refractivity contribution in [3.05, 3.63) is 99.9 Å². The second-order valence-electron chi connectivity index (χ2n) is 8.26. The fourth-order valence-corrected chi connectivity index (χ4v) is 3.86. The Kier molecular flexibility index (Phi) is 5.87. The molecule has 178 valence electrons. The molecule has 0 spiro atoms. The zero-order valence-electron chi connectivity index (χ0n) is 19.1. The van der Waals surface area contributed by atoms with Gasteiger partial charge in [0.1, 0.15) is 5.57 Å². The Morgan fingerprint density at radius 1 is 0.861 bits per heavy atom. The maximum absolute atomic E-state index is 12.3. The summed E-state index contributed by atoms with van der Waals surface area (Å²) in [7, 11) is 1.94. The third kappa shape index (κ3) is 4.62. The fourth-order valence-electron chi connectivity index (χ4n) is 3.86. The number of barbiturate groups is 1. The van der Waals surface area contributed by atoms with E-state index >= 15 is 0 Å². The van der Waals surface area contributed by atoms with Gasteiger partial charge in [-0.15, -0.1) is 0 Å². The molecule has 2 heterocycles. The molecule has 1 aliphatic heterocycles. The predicted octanol–water partition coefficient (Wildman–Crippen LogP) is 3.24. The van der Waals surface area contributed by atoms with Gasteiger partial charge < -0.3 is 9.32 Å². The van der Waals surface area contributed by atoms with Crippen molar-refractivity contribution >= 4 is 40.5 Å². The standard InChI is InChI=1S/C27H20N4O5/c1-31(19-12-8-16(9-13-19)14-21-23(32)29-27(35)30-24(21)33)15-17-6-10-18(11-7-17)25-28-22-5-3-2-4-20(22)26(34)36-25/h2-14H,15H2,1H3,(H2,29,30,32,33,35). The number of nitrogens with one attached hydrogen (secondary N) is 2. The van der Waals surface area contributed by atoms with E-state index in [1.807, 2.05) is 54.4 Å². The number of carbonyl (C=O) groups is 3. The van der Waals surface area contributed by atoms with Gasteiger partial charge in [-0.25, -0.2) is 14.6 Å². The highest BCUT2D eigenvalue weighted by Crippen LogP contribution is 2.22. The smallest absolute Gasteiger partial charge is 0.347 e. The number of imide groups is 2. The summed E-state index contributed by atoms with van der Waals surface area (Å²) in [5.74, 6) is -1.19. The highest BCUT2D eigenvalue weighted by atomic mass is 16.4. The van der Waals surface area contributed by atoms with Crippen molar-refractivity contribution in [3.63, 3.8) is 0 Å². The quantitative estimate of drug-likeness (QED) is 0.332. The van der Waals surface area contributed by atoms with E-state index in [9.17, 15) is 19.2 Å². The lowest BCUT2D eigenvalue weighted by atomic mass is 10.1. The number of fused-ring (bicyclic) bond motifs is 1. The van der Waals surface area contributed by atoms with Gasteiger partial charge in [0.05, 0.1) is 10.9 Å². The Bertz CT molecular complexity index is 1570. The van der Waals surface area contributed by atoms with E-state index in [4.69, 9.17) is 4.42 Å². The molecule has 5 rings (SSSR count). The summed E-state index contributed by atoms with van der Waals surface area (Å²) in [6.07, 6.45) is 1.43. The van der Waals surface area contributed by atoms with Crippen LogP contribution < -0.4 is 21.2 Å². The molecular weight excluding hydrogens is 460 g/mol. The van der Waals surface area contributed by atoms with Crippen LogP contribution in [-0.4, -0.2) is 29.9 Å². The normalized spacial score (nSPS) is 13.4. The van der Waals surface area contributed by atoms with Crippen LogP contribution in [0.4, 0.5) is 10.5 Å². The number of hydrogen-bond donors (Lipinski definition) is 2. The average Bonchev–Trinajstić information content (AvgIpc) is 2.87. The zero-order chi connectivity index (χ0) is 25.2. The first kappa shape index (κ1) is 22.7. The summed E-state index contributed by atoms with van der Waals surface area (Å²) in [4.78, 5) is 53.7. The molecule has 0 bridgehead atoms. The van der Waals surface area contributed by atoms with Crippen LogP contribution in [0.5, 0.6) is 0 Å². The fraction of sp³-hybridized carbons (Fsp3) is 0.0741. The number of urea groups is 1. The number of rotatable bonds is 5. The Hall–Kier alpha value is -5.05. The minimum Gasteiger partial charge on any atom is -0.403 e. The van der Waals surface area contributed by atoms with Crippen molar-refractivity contribution in [1.29, 1.82) is 0 Å². The predicted molar refractivity (Wildman–Crippen MR) is 134 cm³/mol. The van der Waals surface area contributed by atoms with Crippen molar-refractivity contribution in [2.45, 2.75) is 6.54 Å². The summed E-state index contributed by atoms with van der Waals surface area (Å²) in [5, 5.41) is 4.55. The number of benzene rings is 3. The van der Waals surface area contributed by atoms with Crippen LogP contribution in [0.15, 0.2) is 87.6 Å². The van der Waals surface area contributed by atoms with E-state index < -0.39 is 23.5 Å². The van der Waals surface area contributed by atoms with Gasteiger partial charge in [0.2, 0.25) is 5.89 Å². The number of nitrogens with zero attached hydrogens (tertiary/aromatic N) is 2. The molecule has 0 aliphatic carbocycles. The summed E-state index contributed by atoms with van der Waals surface area (Å²) in [6, 6.07) is 21.2. The van der Waals surface area contributed by atoms with Crippen molar-refractivity contribution in [3.8, 4) is 11.5 Å². The third-order valence-electron chi connectivity index (χ3n) is 5.74. The molecular formula is C27H20N4O5. The van der Waals surface area contributed by atoms with Crippen LogP contribution in [0.3, 0.4) is 0 Å². The van der Waals surface area contributed by atoms with E-state index in [0.717, 1.165) is 11.3 Å². The highest BCUT2D eigenvalue weighted by Gasteiger charge is 2.27. The molecule has 1 aromatic heterocycles. The van der Waals surface area contributed by atoms with Gasteiger partial charge in [0.15, 0.2) is 0 Å². The topological polar surface area (TPSA) is 122 Å². The lowest BCUT2D eigenvalue weighted by Crippen LogP contribution is -2.51. The Balaban J connectivity index is 1.28. The molecule has 0 radical (unpaired) electrons. The summed E-state index contributed by atoms with van der Waals surface area (Å²) in [6.45, 7) is 0.614. The molecule has 1 saturated heterocycles. The Morgan fingerprint density at radius 3 is 2.22 bits per heavy atom. The molecule has 4 amide bonds. The van der Waals surface area contributed by atoms with E-state index in [0.29, 0.717) is 28.6 Å². The number of para-hydroxylation sites is 1. The monoisotopic (exact) mass is 480 g/mol. The molecule has 3 aromatic carbocycles. The van der Waals surface area contributed by atoms with E-state index in [1.165, 1.54) is 6.08 Å². The van der Waals surface area contributed by atoms with Crippen LogP contribution in [0, 0.1) is 0 Å². The van der Waals surface area contributed by atoms with Crippen molar-refractivity contribution < 1.29 is 18.8 Å². The third-order valence-corrected chi connectivity index (χ3v) is 5.74. The number of hydrogen-bond acceptors (Lipinski definition) is 7. The van der Waals surface area contributed by atoms with E-state index in [-0.39, 0.29) is 11.5 Å². The van der Waals surface area contributed by atoms with Gasteiger partial charge in [-0.1, -0.05) is 36.4 Å². The molecule has 0 atom stereocenters. The van der Waals surface area contributed by atoms with Crippen LogP contribution in [0.1, 0.15) is 11.1 Å². The van der Waals surface area contributed by atoms with Crippen LogP contribution in [0.2, 0.25) is 0 Å². The summed E-state index contributed by atoms with van der Waals surface area (Å²) < 4.78 is 5.40. The molecule has 36 heavy (non-hydrogen) atoms. The molecule has 9 heteroatoms. The Labute approximate surface area is 205 Å². The first-order valence-corrected chi connectivity index (χ1v) is 11.1. The first-order chi connectivity index (χ1) is 17.4. The van der Waals surface area contributed by atoms with Gasteiger partial charge in [-0.2, -0.15) is 0 Å². The van der Waals surface area contributed by atoms with Crippen molar-refractivity contribution in [2.24, 2.45) is 0 Å². The highest BCUT2D eigenvalue weighted by molar-refractivity contribution is 6.31. The largest absolute Gasteiger partial charge is 0.403 e. The summed E-state index contributed by atoms with van der Waals surface area (Å²) >= 11 is 0. The second-order valence-corrected chi connectivity index (χ2v) is 8.26. The molecule has 9 nitrogen and oxygen atoms in total. The second kappa shape index (κ2) is 9.30. The average molecular weight is 480 g/mol. The molecule has 0 saturated carbocycles. The van der Waals surface area contributed by atoms with Crippen molar-refractivity contribution in [2.75, 3.05) is 11.9 Å². The SMILES string of the molecule is CN(Cc1ccc(-c2nc3ccccc3c(=O)o2)cc1)c1ccc(C=C2C(=O)NC(=O)NC2=O)cc1. The van der Waals surface area contributed by atoms with E-state index in [1.54, 1.807) is 30.3 Å². The lowest BCUT2D eigenvalue weighted by molar-refractivity contribution is -0.123. The van der Waals surface area contributed by atoms with Gasteiger partial charge >= 0.3 is 11.7 Å². The first-order valence-electron chi connectivity index (χ1n) is 11.1. The van der Waals surface area contributed by atoms with E-state index in [2.05, 4.69) is 15.6 Å². The number of aromatic nitrogens is 1. The molecule has 1 fully saturated rings. The molecule has 1 aliphatic rings. The maximum atomic E-state index is 12.3. The van der Waals surface area contributed by atoms with Gasteiger partial charge in [-0.3, -0.25) is 20.2 Å². The molecule has 2 N–H and O–H groups in total. The molecule has 4 aromatic rings. The van der Waals surface area contributed by atoms with Crippen LogP contribution in [0.25, 0.3) is 28.4 Å². The van der Waals surface area contributed by atoms with Gasteiger partial charge in [-0.05, 0) is 53.6 Å². The zero-order valence-corrected chi connectivity index (χ0v) is 19.1. The molecule has 0 unspecified atom stereocenters. The Morgan fingerprint density at radius 2 is 1.53 bits per heavy atom. The minimum atomic E-state index is -0.828. The maximum Gasteiger partial charge on any atom is 0.347 e. The van der Waals surface area contributed by atoms with Crippen LogP contribution in [-0.2, 0) is 16.1 Å². The summed E-state index contributed by atoms with van der Waals surface area (Å²) in [5.41, 5.74) is 3.36. The number of carbonyl (C=O) groups excluding carboxylic acids is 3. The van der Waals surface area contributed by atoms with Gasteiger partial charge in [0, 0.05) is 24.8 Å². The lowest BCUT2D eigenvalue weighted by Gasteiger charge is -2.20.